The first-order chi connectivity index (χ1) is 15.0. The second kappa shape index (κ2) is 7.93. The third-order valence-electron chi connectivity index (χ3n) is 6.73. The summed E-state index contributed by atoms with van der Waals surface area (Å²) in [5.41, 5.74) is 7.51. The Labute approximate surface area is 182 Å². The number of hydrogen-bond acceptors (Lipinski definition) is 4. The van der Waals surface area contributed by atoms with Gasteiger partial charge in [-0.3, -0.25) is 9.48 Å². The third-order valence-corrected chi connectivity index (χ3v) is 6.73. The van der Waals surface area contributed by atoms with Crippen LogP contribution in [-0.2, 0) is 26.4 Å². The van der Waals surface area contributed by atoms with Gasteiger partial charge in [0.2, 0.25) is 0 Å². The van der Waals surface area contributed by atoms with E-state index in [1.165, 1.54) is 16.7 Å². The van der Waals surface area contributed by atoms with E-state index in [-0.39, 0.29) is 11.9 Å². The summed E-state index contributed by atoms with van der Waals surface area (Å²) in [5, 5.41) is 18.5. The molecule has 0 spiro atoms. The maximum Gasteiger partial charge on any atom is 0.254 e. The molecule has 2 aliphatic rings. The van der Waals surface area contributed by atoms with Crippen LogP contribution >= 0.6 is 0 Å². The van der Waals surface area contributed by atoms with Crippen LogP contribution in [0.25, 0.3) is 11.3 Å². The van der Waals surface area contributed by atoms with Crippen LogP contribution in [0.4, 0.5) is 0 Å². The van der Waals surface area contributed by atoms with Crippen molar-refractivity contribution in [3.8, 4) is 11.3 Å². The van der Waals surface area contributed by atoms with E-state index in [1.807, 2.05) is 18.1 Å². The van der Waals surface area contributed by atoms with E-state index in [2.05, 4.69) is 53.6 Å². The highest BCUT2D eigenvalue weighted by molar-refractivity contribution is 5.99. The molecule has 5 rings (SSSR count). The molecule has 2 unspecified atom stereocenters. The van der Waals surface area contributed by atoms with E-state index in [0.717, 1.165) is 54.5 Å². The summed E-state index contributed by atoms with van der Waals surface area (Å²) in [6.45, 7) is 2.79. The van der Waals surface area contributed by atoms with Gasteiger partial charge in [0.15, 0.2) is 0 Å². The molecular weight excluding hydrogens is 388 g/mol. The van der Waals surface area contributed by atoms with Gasteiger partial charge in [0.05, 0.1) is 18.3 Å². The Morgan fingerprint density at radius 3 is 2.58 bits per heavy atom. The largest absolute Gasteiger partial charge is 0.391 e. The van der Waals surface area contributed by atoms with Gasteiger partial charge in [-0.1, -0.05) is 42.5 Å². The Balaban J connectivity index is 1.39. The van der Waals surface area contributed by atoms with Gasteiger partial charge in [-0.15, -0.1) is 5.10 Å². The smallest absolute Gasteiger partial charge is 0.254 e. The zero-order valence-electron chi connectivity index (χ0n) is 18.1. The summed E-state index contributed by atoms with van der Waals surface area (Å²) in [6.07, 6.45) is 5.91. The van der Waals surface area contributed by atoms with Gasteiger partial charge in [-0.25, -0.2) is 0 Å². The van der Waals surface area contributed by atoms with Crippen molar-refractivity contribution in [3.05, 3.63) is 70.4 Å². The molecule has 2 heterocycles. The molecule has 1 aromatic heterocycles. The summed E-state index contributed by atoms with van der Waals surface area (Å²) >= 11 is 0. The highest BCUT2D eigenvalue weighted by Gasteiger charge is 2.38. The second-order valence-corrected chi connectivity index (χ2v) is 8.78. The lowest BCUT2D eigenvalue weighted by Gasteiger charge is -2.26. The third kappa shape index (κ3) is 3.65. The van der Waals surface area contributed by atoms with E-state index < -0.39 is 6.10 Å². The standard InChI is InChI=1S/C25H28N4O2/c1-3-17-12-20-14-29(23-5-4-6-24(23)30)25(31)21(20)13-19(17)11-16-7-9-18(10-8-16)22-15-28(2)27-26-22/h7-10,12-13,15,23-24,30H,3-6,11,14H2,1-2H3. The number of carbonyl (C=O) groups excluding carboxylic acids is 1. The number of fused-ring (bicyclic) bond motifs is 1. The van der Waals surface area contributed by atoms with Crippen molar-refractivity contribution < 1.29 is 9.90 Å². The molecule has 1 fully saturated rings. The first-order valence-electron chi connectivity index (χ1n) is 11.1. The average Bonchev–Trinajstić information content (AvgIpc) is 3.47. The lowest BCUT2D eigenvalue weighted by Crippen LogP contribution is -2.40. The van der Waals surface area contributed by atoms with Gasteiger partial charge in [0.1, 0.15) is 5.69 Å². The van der Waals surface area contributed by atoms with Crippen molar-refractivity contribution in [2.45, 2.75) is 57.7 Å². The number of benzene rings is 2. The highest BCUT2D eigenvalue weighted by atomic mass is 16.3. The molecule has 1 N–H and O–H groups in total. The number of aliphatic hydroxyl groups excluding tert-OH is 1. The number of nitrogens with zero attached hydrogens (tertiary/aromatic N) is 4. The molecule has 0 bridgehead atoms. The monoisotopic (exact) mass is 416 g/mol. The normalized spacial score (nSPS) is 20.5. The number of carbonyl (C=O) groups is 1. The number of rotatable bonds is 5. The topological polar surface area (TPSA) is 71.2 Å². The van der Waals surface area contributed by atoms with Crippen LogP contribution in [0.15, 0.2) is 42.6 Å². The van der Waals surface area contributed by atoms with Crippen molar-refractivity contribution in [3.63, 3.8) is 0 Å². The fourth-order valence-corrected chi connectivity index (χ4v) is 5.02. The minimum atomic E-state index is -0.392. The molecule has 1 aliphatic heterocycles. The van der Waals surface area contributed by atoms with Crippen molar-refractivity contribution in [2.24, 2.45) is 7.05 Å². The molecule has 31 heavy (non-hydrogen) atoms. The van der Waals surface area contributed by atoms with E-state index in [0.29, 0.717) is 6.54 Å². The first-order valence-corrected chi connectivity index (χ1v) is 11.1. The van der Waals surface area contributed by atoms with Crippen molar-refractivity contribution >= 4 is 5.91 Å². The van der Waals surface area contributed by atoms with Crippen LogP contribution in [0.2, 0.25) is 0 Å². The molecule has 2 atom stereocenters. The van der Waals surface area contributed by atoms with Gasteiger partial charge in [-0.2, -0.15) is 0 Å². The minimum Gasteiger partial charge on any atom is -0.391 e. The molecule has 1 saturated carbocycles. The number of aliphatic hydroxyl groups is 1. The van der Waals surface area contributed by atoms with Gasteiger partial charge < -0.3 is 10.0 Å². The molecule has 6 heteroatoms. The summed E-state index contributed by atoms with van der Waals surface area (Å²) in [6, 6.07) is 12.7. The predicted molar refractivity (Wildman–Crippen MR) is 119 cm³/mol. The van der Waals surface area contributed by atoms with Gasteiger partial charge in [-0.05, 0) is 60.4 Å². The Morgan fingerprint density at radius 2 is 1.94 bits per heavy atom. The number of aryl methyl sites for hydroxylation is 2. The quantitative estimate of drug-likeness (QED) is 0.691. The van der Waals surface area contributed by atoms with Crippen LogP contribution in [0, 0.1) is 0 Å². The number of amides is 1. The van der Waals surface area contributed by atoms with Gasteiger partial charge in [0, 0.05) is 24.7 Å². The molecule has 2 aromatic carbocycles. The Bertz CT molecular complexity index is 1120. The van der Waals surface area contributed by atoms with Crippen molar-refractivity contribution in [1.29, 1.82) is 0 Å². The Hall–Kier alpha value is -2.99. The predicted octanol–water partition coefficient (Wildman–Crippen LogP) is 3.50. The van der Waals surface area contributed by atoms with Gasteiger partial charge in [0.25, 0.3) is 5.91 Å². The van der Waals surface area contributed by atoms with E-state index in [1.54, 1.807) is 4.68 Å². The lowest BCUT2D eigenvalue weighted by molar-refractivity contribution is 0.0479. The first kappa shape index (κ1) is 19.9. The molecule has 0 radical (unpaired) electrons. The Morgan fingerprint density at radius 1 is 1.13 bits per heavy atom. The molecule has 0 saturated heterocycles. The molecule has 1 amide bonds. The maximum absolute atomic E-state index is 13.1. The summed E-state index contributed by atoms with van der Waals surface area (Å²) < 4.78 is 1.70. The highest BCUT2D eigenvalue weighted by Crippen LogP contribution is 2.34. The van der Waals surface area contributed by atoms with E-state index in [9.17, 15) is 9.90 Å². The van der Waals surface area contributed by atoms with Crippen LogP contribution in [0.3, 0.4) is 0 Å². The van der Waals surface area contributed by atoms with E-state index in [4.69, 9.17) is 0 Å². The second-order valence-electron chi connectivity index (χ2n) is 8.78. The van der Waals surface area contributed by atoms with Crippen molar-refractivity contribution in [1.82, 2.24) is 19.9 Å². The average molecular weight is 417 g/mol. The minimum absolute atomic E-state index is 0.0398. The molecule has 3 aromatic rings. The van der Waals surface area contributed by atoms with Crippen molar-refractivity contribution in [2.75, 3.05) is 0 Å². The number of aromatic nitrogens is 3. The Kier molecular flexibility index (Phi) is 5.10. The molecule has 6 nitrogen and oxygen atoms in total. The van der Waals surface area contributed by atoms with Crippen LogP contribution in [-0.4, -0.2) is 43.1 Å². The summed E-state index contributed by atoms with van der Waals surface area (Å²) in [7, 11) is 1.86. The molecular formula is C25H28N4O2. The summed E-state index contributed by atoms with van der Waals surface area (Å²) in [5.74, 6) is 0.0721. The SMILES string of the molecule is CCc1cc2c(cc1Cc1ccc(-c3cn(C)nn3)cc1)C(=O)N(C1CCCC1O)C2. The number of hydrogen-bond donors (Lipinski definition) is 1. The maximum atomic E-state index is 13.1. The summed E-state index contributed by atoms with van der Waals surface area (Å²) in [4.78, 5) is 15.0. The molecule has 160 valence electrons. The fraction of sp³-hybridized carbons (Fsp3) is 0.400. The van der Waals surface area contributed by atoms with Crippen LogP contribution < -0.4 is 0 Å². The molecule has 1 aliphatic carbocycles. The van der Waals surface area contributed by atoms with Crippen LogP contribution in [0.1, 0.15) is 58.8 Å². The lowest BCUT2D eigenvalue weighted by atomic mass is 9.93. The van der Waals surface area contributed by atoms with Crippen LogP contribution in [0.5, 0.6) is 0 Å². The zero-order valence-corrected chi connectivity index (χ0v) is 18.1. The fourth-order valence-electron chi connectivity index (χ4n) is 5.02. The van der Waals surface area contributed by atoms with E-state index >= 15 is 0 Å². The van der Waals surface area contributed by atoms with Gasteiger partial charge >= 0.3 is 0 Å². The zero-order chi connectivity index (χ0) is 21.5.